The minimum absolute atomic E-state index is 0.562. The number of anilines is 1. The van der Waals surface area contributed by atoms with E-state index in [1.165, 1.54) is 0 Å². The zero-order valence-electron chi connectivity index (χ0n) is 10.2. The summed E-state index contributed by atoms with van der Waals surface area (Å²) in [7, 11) is 0. The van der Waals surface area contributed by atoms with Crippen molar-refractivity contribution in [2.45, 2.75) is 13.3 Å². The van der Waals surface area contributed by atoms with Crippen LogP contribution in [0, 0.1) is 11.3 Å². The third kappa shape index (κ3) is 5.23. The highest BCUT2D eigenvalue weighted by atomic mass is 16.5. The van der Waals surface area contributed by atoms with Crippen LogP contribution in [-0.2, 0) is 0 Å². The molecule has 0 atom stereocenters. The Hall–Kier alpha value is -1.73. The molecule has 0 saturated heterocycles. The van der Waals surface area contributed by atoms with Crippen LogP contribution in [0.4, 0.5) is 5.69 Å². The van der Waals surface area contributed by atoms with Gasteiger partial charge in [0, 0.05) is 31.3 Å². The number of likely N-dealkylation sites (N-methyl/N-ethyl adjacent to an activating group) is 1. The van der Waals surface area contributed by atoms with Crippen LogP contribution in [0.2, 0.25) is 0 Å². The minimum atomic E-state index is 0.562. The fourth-order valence-electron chi connectivity index (χ4n) is 1.53. The molecule has 1 aromatic carbocycles. The van der Waals surface area contributed by atoms with Crippen LogP contribution in [0.1, 0.15) is 13.3 Å². The molecular formula is C13H19N3O. The maximum absolute atomic E-state index is 8.52. The third-order valence-corrected chi connectivity index (χ3v) is 2.52. The van der Waals surface area contributed by atoms with Crippen LogP contribution in [0.15, 0.2) is 24.3 Å². The van der Waals surface area contributed by atoms with E-state index in [0.717, 1.165) is 25.4 Å². The lowest BCUT2D eigenvalue weighted by Crippen LogP contribution is -2.29. The summed E-state index contributed by atoms with van der Waals surface area (Å²) in [5, 5.41) is 8.52. The number of hydrogen-bond acceptors (Lipinski definition) is 4. The van der Waals surface area contributed by atoms with Crippen LogP contribution in [0.25, 0.3) is 0 Å². The van der Waals surface area contributed by atoms with Gasteiger partial charge in [-0.15, -0.1) is 0 Å². The molecule has 0 aliphatic heterocycles. The molecule has 0 aliphatic carbocycles. The zero-order chi connectivity index (χ0) is 12.5. The number of rotatable bonds is 7. The Balaban J connectivity index is 2.29. The second-order valence-electron chi connectivity index (χ2n) is 3.76. The Bertz CT molecular complexity index is 373. The summed E-state index contributed by atoms with van der Waals surface area (Å²) >= 11 is 0. The summed E-state index contributed by atoms with van der Waals surface area (Å²) in [6.07, 6.45) is 0.562. The highest BCUT2D eigenvalue weighted by Crippen LogP contribution is 2.14. The van der Waals surface area contributed by atoms with E-state index in [1.54, 1.807) is 0 Å². The van der Waals surface area contributed by atoms with E-state index >= 15 is 0 Å². The summed E-state index contributed by atoms with van der Waals surface area (Å²) in [5.74, 6) is 0.793. The molecule has 0 fully saturated rings. The predicted molar refractivity (Wildman–Crippen MR) is 68.7 cm³/mol. The van der Waals surface area contributed by atoms with Gasteiger partial charge in [0.05, 0.1) is 6.07 Å². The Morgan fingerprint density at radius 3 is 2.88 bits per heavy atom. The van der Waals surface area contributed by atoms with Crippen molar-refractivity contribution in [2.24, 2.45) is 0 Å². The first-order chi connectivity index (χ1) is 8.26. The van der Waals surface area contributed by atoms with Crippen LogP contribution in [-0.4, -0.2) is 31.1 Å². The molecule has 0 unspecified atom stereocenters. The van der Waals surface area contributed by atoms with Crippen molar-refractivity contribution < 1.29 is 4.74 Å². The van der Waals surface area contributed by atoms with Crippen molar-refractivity contribution in [1.82, 2.24) is 4.90 Å². The summed E-state index contributed by atoms with van der Waals surface area (Å²) in [6.45, 7) is 5.25. The van der Waals surface area contributed by atoms with E-state index in [9.17, 15) is 0 Å². The number of nitrogen functional groups attached to an aromatic ring is 1. The van der Waals surface area contributed by atoms with E-state index in [-0.39, 0.29) is 0 Å². The summed E-state index contributed by atoms with van der Waals surface area (Å²) < 4.78 is 5.59. The van der Waals surface area contributed by atoms with E-state index in [1.807, 2.05) is 24.3 Å². The van der Waals surface area contributed by atoms with Gasteiger partial charge in [0.1, 0.15) is 12.4 Å². The topological polar surface area (TPSA) is 62.3 Å². The average Bonchev–Trinajstić information content (AvgIpc) is 2.33. The molecular weight excluding hydrogens is 214 g/mol. The monoisotopic (exact) mass is 233 g/mol. The molecule has 4 heteroatoms. The SMILES string of the molecule is CCN(CCC#N)CCOc1cccc(N)c1. The quantitative estimate of drug-likeness (QED) is 0.730. The number of nitriles is 1. The lowest BCUT2D eigenvalue weighted by molar-refractivity contribution is 0.219. The van der Waals surface area contributed by atoms with Gasteiger partial charge in [0.25, 0.3) is 0 Å². The Morgan fingerprint density at radius 1 is 1.41 bits per heavy atom. The number of nitrogens with zero attached hydrogens (tertiary/aromatic N) is 2. The standard InChI is InChI=1S/C13H19N3O/c1-2-16(8-4-7-14)9-10-17-13-6-3-5-12(15)11-13/h3,5-6,11H,2,4,8-10,15H2,1H3. The Labute approximate surface area is 103 Å². The Kier molecular flexibility index (Phi) is 5.91. The number of benzene rings is 1. The second kappa shape index (κ2) is 7.53. The van der Waals surface area contributed by atoms with Gasteiger partial charge in [-0.25, -0.2) is 0 Å². The maximum atomic E-state index is 8.52. The van der Waals surface area contributed by atoms with Gasteiger partial charge in [-0.1, -0.05) is 13.0 Å². The van der Waals surface area contributed by atoms with Crippen LogP contribution in [0.5, 0.6) is 5.75 Å². The van der Waals surface area contributed by atoms with Gasteiger partial charge in [-0.3, -0.25) is 4.90 Å². The summed E-state index contributed by atoms with van der Waals surface area (Å²) in [4.78, 5) is 2.19. The van der Waals surface area contributed by atoms with Gasteiger partial charge in [0.15, 0.2) is 0 Å². The smallest absolute Gasteiger partial charge is 0.121 e. The van der Waals surface area contributed by atoms with Crippen LogP contribution < -0.4 is 10.5 Å². The first kappa shape index (κ1) is 13.3. The number of nitrogens with two attached hydrogens (primary N) is 1. The molecule has 1 aromatic rings. The Morgan fingerprint density at radius 2 is 2.24 bits per heavy atom. The van der Waals surface area contributed by atoms with Crippen molar-refractivity contribution in [3.8, 4) is 11.8 Å². The molecule has 1 rings (SSSR count). The van der Waals surface area contributed by atoms with Crippen molar-refractivity contribution in [1.29, 1.82) is 5.26 Å². The first-order valence-electron chi connectivity index (χ1n) is 5.84. The summed E-state index contributed by atoms with van der Waals surface area (Å²) in [5.41, 5.74) is 6.36. The number of hydrogen-bond donors (Lipinski definition) is 1. The molecule has 0 heterocycles. The molecule has 0 saturated carbocycles. The lowest BCUT2D eigenvalue weighted by atomic mass is 10.3. The molecule has 0 aliphatic rings. The highest BCUT2D eigenvalue weighted by molar-refractivity contribution is 5.43. The average molecular weight is 233 g/mol. The minimum Gasteiger partial charge on any atom is -0.492 e. The van der Waals surface area contributed by atoms with E-state index < -0.39 is 0 Å². The molecule has 0 amide bonds. The molecule has 92 valence electrons. The normalized spacial score (nSPS) is 10.2. The molecule has 4 nitrogen and oxygen atoms in total. The second-order valence-corrected chi connectivity index (χ2v) is 3.76. The highest BCUT2D eigenvalue weighted by Gasteiger charge is 2.02. The van der Waals surface area contributed by atoms with Crippen molar-refractivity contribution in [3.63, 3.8) is 0 Å². The largest absolute Gasteiger partial charge is 0.492 e. The molecule has 2 N–H and O–H groups in total. The third-order valence-electron chi connectivity index (χ3n) is 2.52. The van der Waals surface area contributed by atoms with Gasteiger partial charge < -0.3 is 10.5 Å². The van der Waals surface area contributed by atoms with Crippen molar-refractivity contribution >= 4 is 5.69 Å². The van der Waals surface area contributed by atoms with Gasteiger partial charge in [-0.05, 0) is 18.7 Å². The van der Waals surface area contributed by atoms with E-state index in [4.69, 9.17) is 15.7 Å². The maximum Gasteiger partial charge on any atom is 0.121 e. The molecule has 0 bridgehead atoms. The van der Waals surface area contributed by atoms with Crippen molar-refractivity contribution in [2.75, 3.05) is 32.0 Å². The lowest BCUT2D eigenvalue weighted by Gasteiger charge is -2.18. The predicted octanol–water partition coefficient (Wildman–Crippen LogP) is 1.88. The van der Waals surface area contributed by atoms with Crippen LogP contribution in [0.3, 0.4) is 0 Å². The fourth-order valence-corrected chi connectivity index (χ4v) is 1.53. The zero-order valence-corrected chi connectivity index (χ0v) is 10.2. The van der Waals surface area contributed by atoms with Gasteiger partial charge >= 0.3 is 0 Å². The molecule has 0 aromatic heterocycles. The van der Waals surface area contributed by atoms with Gasteiger partial charge in [-0.2, -0.15) is 5.26 Å². The van der Waals surface area contributed by atoms with Crippen molar-refractivity contribution in [3.05, 3.63) is 24.3 Å². The number of ether oxygens (including phenoxy) is 1. The molecule has 0 radical (unpaired) electrons. The fraction of sp³-hybridized carbons (Fsp3) is 0.462. The summed E-state index contributed by atoms with van der Waals surface area (Å²) in [6, 6.07) is 9.56. The molecule has 0 spiro atoms. The van der Waals surface area contributed by atoms with Crippen LogP contribution >= 0.6 is 0 Å². The first-order valence-corrected chi connectivity index (χ1v) is 5.84. The van der Waals surface area contributed by atoms with Gasteiger partial charge in [0.2, 0.25) is 0 Å². The van der Waals surface area contributed by atoms with E-state index in [2.05, 4.69) is 17.9 Å². The molecule has 17 heavy (non-hydrogen) atoms. The van der Waals surface area contributed by atoms with E-state index in [0.29, 0.717) is 18.7 Å².